The molecule has 78 valence electrons. The molecule has 1 saturated carbocycles. The van der Waals surface area contributed by atoms with Crippen molar-refractivity contribution in [1.82, 2.24) is 9.36 Å². The highest BCUT2D eigenvalue weighted by Gasteiger charge is 2.21. The summed E-state index contributed by atoms with van der Waals surface area (Å²) in [5.41, 5.74) is 5.85. The summed E-state index contributed by atoms with van der Waals surface area (Å²) in [6.45, 7) is 2.90. The molecule has 14 heavy (non-hydrogen) atoms. The Bertz CT molecular complexity index is 299. The van der Waals surface area contributed by atoms with Crippen molar-refractivity contribution in [2.24, 2.45) is 11.7 Å². The van der Waals surface area contributed by atoms with Gasteiger partial charge >= 0.3 is 0 Å². The van der Waals surface area contributed by atoms with Crippen LogP contribution in [0, 0.1) is 12.8 Å². The summed E-state index contributed by atoms with van der Waals surface area (Å²) in [5.74, 6) is 1.56. The second kappa shape index (κ2) is 4.23. The number of rotatable bonds is 3. The van der Waals surface area contributed by atoms with Gasteiger partial charge in [0.05, 0.1) is 0 Å². The summed E-state index contributed by atoms with van der Waals surface area (Å²) in [7, 11) is 0. The molecule has 0 amide bonds. The Kier molecular flexibility index (Phi) is 2.98. The third-order valence-corrected chi connectivity index (χ3v) is 3.42. The first-order chi connectivity index (χ1) is 6.74. The number of nitrogens with one attached hydrogen (secondary N) is 1. The SMILES string of the molecule is Cc1nsc(NCC2CCC(N)C2)n1. The van der Waals surface area contributed by atoms with E-state index in [9.17, 15) is 0 Å². The largest absolute Gasteiger partial charge is 0.360 e. The zero-order valence-corrected chi connectivity index (χ0v) is 9.18. The van der Waals surface area contributed by atoms with Gasteiger partial charge in [0.25, 0.3) is 0 Å². The third kappa shape index (κ3) is 2.42. The standard InChI is InChI=1S/C9H16N4S/c1-6-12-9(14-13-6)11-5-7-2-3-8(10)4-7/h7-8H,2-5,10H2,1H3,(H,11,12,13). The molecule has 1 aliphatic carbocycles. The van der Waals surface area contributed by atoms with E-state index in [1.165, 1.54) is 24.4 Å². The first-order valence-electron chi connectivity index (χ1n) is 5.04. The zero-order valence-electron chi connectivity index (χ0n) is 8.36. The van der Waals surface area contributed by atoms with Crippen molar-refractivity contribution >= 4 is 16.7 Å². The van der Waals surface area contributed by atoms with Gasteiger partial charge in [-0.1, -0.05) is 0 Å². The van der Waals surface area contributed by atoms with Crippen LogP contribution in [0.1, 0.15) is 25.1 Å². The van der Waals surface area contributed by atoms with E-state index in [4.69, 9.17) is 5.73 Å². The Morgan fingerprint density at radius 1 is 1.57 bits per heavy atom. The number of anilines is 1. The molecule has 0 saturated heterocycles. The minimum absolute atomic E-state index is 0.415. The quantitative estimate of drug-likeness (QED) is 0.794. The Balaban J connectivity index is 1.77. The lowest BCUT2D eigenvalue weighted by atomic mass is 10.1. The number of hydrogen-bond acceptors (Lipinski definition) is 5. The van der Waals surface area contributed by atoms with E-state index in [2.05, 4.69) is 14.7 Å². The van der Waals surface area contributed by atoms with Crippen molar-refractivity contribution in [2.45, 2.75) is 32.2 Å². The van der Waals surface area contributed by atoms with Gasteiger partial charge in [0.1, 0.15) is 5.82 Å². The third-order valence-electron chi connectivity index (χ3n) is 2.65. The molecule has 0 aliphatic heterocycles. The number of nitrogens with two attached hydrogens (primary N) is 1. The van der Waals surface area contributed by atoms with E-state index in [-0.39, 0.29) is 0 Å². The lowest BCUT2D eigenvalue weighted by Crippen LogP contribution is -2.17. The molecule has 0 spiro atoms. The molecule has 3 N–H and O–H groups in total. The molecule has 2 atom stereocenters. The fourth-order valence-corrected chi connectivity index (χ4v) is 2.48. The number of nitrogens with zero attached hydrogens (tertiary/aromatic N) is 2. The zero-order chi connectivity index (χ0) is 9.97. The normalized spacial score (nSPS) is 26.7. The van der Waals surface area contributed by atoms with Gasteiger partial charge < -0.3 is 11.1 Å². The van der Waals surface area contributed by atoms with Crippen LogP contribution in [-0.4, -0.2) is 21.9 Å². The molecule has 0 radical (unpaired) electrons. The second-order valence-electron chi connectivity index (χ2n) is 3.97. The van der Waals surface area contributed by atoms with E-state index in [0.29, 0.717) is 12.0 Å². The fraction of sp³-hybridized carbons (Fsp3) is 0.778. The molecule has 0 aromatic carbocycles. The van der Waals surface area contributed by atoms with E-state index in [1.807, 2.05) is 6.92 Å². The van der Waals surface area contributed by atoms with Gasteiger partial charge in [0, 0.05) is 24.1 Å². The minimum Gasteiger partial charge on any atom is -0.360 e. The Morgan fingerprint density at radius 3 is 3.00 bits per heavy atom. The predicted octanol–water partition coefficient (Wildman–Crippen LogP) is 1.39. The molecule has 1 aliphatic rings. The van der Waals surface area contributed by atoms with Crippen molar-refractivity contribution in [3.05, 3.63) is 5.82 Å². The van der Waals surface area contributed by atoms with Crippen molar-refractivity contribution in [3.8, 4) is 0 Å². The summed E-state index contributed by atoms with van der Waals surface area (Å²) >= 11 is 1.43. The van der Waals surface area contributed by atoms with Crippen LogP contribution in [0.15, 0.2) is 0 Å². The van der Waals surface area contributed by atoms with Crippen LogP contribution in [-0.2, 0) is 0 Å². The number of aromatic nitrogens is 2. The summed E-state index contributed by atoms with van der Waals surface area (Å²) in [4.78, 5) is 4.26. The molecule has 1 heterocycles. The first-order valence-corrected chi connectivity index (χ1v) is 5.81. The molecule has 1 aromatic rings. The molecular formula is C9H16N4S. The highest BCUT2D eigenvalue weighted by atomic mass is 32.1. The maximum atomic E-state index is 5.85. The molecule has 1 aromatic heterocycles. The van der Waals surface area contributed by atoms with Crippen LogP contribution >= 0.6 is 11.5 Å². The van der Waals surface area contributed by atoms with Gasteiger partial charge in [-0.05, 0) is 32.1 Å². The molecule has 2 rings (SSSR count). The van der Waals surface area contributed by atoms with Crippen molar-refractivity contribution in [2.75, 3.05) is 11.9 Å². The van der Waals surface area contributed by atoms with Crippen LogP contribution in [0.2, 0.25) is 0 Å². The van der Waals surface area contributed by atoms with Crippen LogP contribution in [0.5, 0.6) is 0 Å². The monoisotopic (exact) mass is 212 g/mol. The van der Waals surface area contributed by atoms with Crippen LogP contribution in [0.3, 0.4) is 0 Å². The Hall–Kier alpha value is -0.680. The first kappa shape index (κ1) is 9.86. The highest BCUT2D eigenvalue weighted by molar-refractivity contribution is 7.09. The smallest absolute Gasteiger partial charge is 0.202 e. The summed E-state index contributed by atoms with van der Waals surface area (Å²) in [6, 6.07) is 0.415. The molecule has 5 heteroatoms. The van der Waals surface area contributed by atoms with Gasteiger partial charge in [-0.3, -0.25) is 0 Å². The maximum Gasteiger partial charge on any atom is 0.202 e. The summed E-state index contributed by atoms with van der Waals surface area (Å²) in [5, 5.41) is 4.25. The minimum atomic E-state index is 0.415. The van der Waals surface area contributed by atoms with Crippen molar-refractivity contribution in [3.63, 3.8) is 0 Å². The molecule has 4 nitrogen and oxygen atoms in total. The maximum absolute atomic E-state index is 5.85. The topological polar surface area (TPSA) is 63.8 Å². The fourth-order valence-electron chi connectivity index (χ4n) is 1.90. The Morgan fingerprint density at radius 2 is 2.43 bits per heavy atom. The van der Waals surface area contributed by atoms with Gasteiger partial charge in [-0.25, -0.2) is 4.98 Å². The average Bonchev–Trinajstić information content (AvgIpc) is 2.72. The van der Waals surface area contributed by atoms with Crippen LogP contribution in [0.4, 0.5) is 5.13 Å². The lowest BCUT2D eigenvalue weighted by Gasteiger charge is -2.09. The van der Waals surface area contributed by atoms with Gasteiger partial charge in [0.15, 0.2) is 0 Å². The summed E-state index contributed by atoms with van der Waals surface area (Å²) in [6.07, 6.45) is 3.55. The van der Waals surface area contributed by atoms with E-state index in [0.717, 1.165) is 23.9 Å². The predicted molar refractivity (Wildman–Crippen MR) is 58.5 cm³/mol. The Labute approximate surface area is 88.1 Å². The van der Waals surface area contributed by atoms with Crippen molar-refractivity contribution in [1.29, 1.82) is 0 Å². The molecular weight excluding hydrogens is 196 g/mol. The van der Waals surface area contributed by atoms with Gasteiger partial charge in [-0.15, -0.1) is 0 Å². The van der Waals surface area contributed by atoms with E-state index < -0.39 is 0 Å². The molecule has 1 fully saturated rings. The highest BCUT2D eigenvalue weighted by Crippen LogP contribution is 2.24. The van der Waals surface area contributed by atoms with Gasteiger partial charge in [0.2, 0.25) is 5.13 Å². The lowest BCUT2D eigenvalue weighted by molar-refractivity contribution is 0.565. The van der Waals surface area contributed by atoms with Crippen LogP contribution < -0.4 is 11.1 Å². The van der Waals surface area contributed by atoms with E-state index >= 15 is 0 Å². The number of aryl methyl sites for hydroxylation is 1. The molecule has 2 unspecified atom stereocenters. The number of hydrogen-bond donors (Lipinski definition) is 2. The second-order valence-corrected chi connectivity index (χ2v) is 4.72. The average molecular weight is 212 g/mol. The van der Waals surface area contributed by atoms with Gasteiger partial charge in [-0.2, -0.15) is 4.37 Å². The van der Waals surface area contributed by atoms with Crippen molar-refractivity contribution < 1.29 is 0 Å². The summed E-state index contributed by atoms with van der Waals surface area (Å²) < 4.78 is 4.12. The molecule has 0 bridgehead atoms. The van der Waals surface area contributed by atoms with E-state index in [1.54, 1.807) is 0 Å². The van der Waals surface area contributed by atoms with Crippen LogP contribution in [0.25, 0.3) is 0 Å².